The molecule has 154 valence electrons. The van der Waals surface area contributed by atoms with E-state index in [4.69, 9.17) is 5.26 Å². The van der Waals surface area contributed by atoms with Gasteiger partial charge in [0.1, 0.15) is 0 Å². The monoisotopic (exact) mass is 450 g/mol. The lowest BCUT2D eigenvalue weighted by Gasteiger charge is -2.10. The number of hydrogen-bond acceptors (Lipinski definition) is 4. The van der Waals surface area contributed by atoms with Gasteiger partial charge in [-0.1, -0.05) is 24.8 Å². The third kappa shape index (κ3) is 6.54. The van der Waals surface area contributed by atoms with Crippen LogP contribution < -0.4 is 0 Å². The van der Waals surface area contributed by atoms with Gasteiger partial charge >= 0.3 is 11.0 Å². The largest absolute Gasteiger partial charge is 0.494 e. The molecule has 1 N–H and O–H groups in total. The van der Waals surface area contributed by atoms with Crippen LogP contribution in [0.15, 0.2) is 42.5 Å². The van der Waals surface area contributed by atoms with Crippen molar-refractivity contribution in [2.24, 2.45) is 0 Å². The van der Waals surface area contributed by atoms with Crippen molar-refractivity contribution >= 4 is 35.5 Å². The summed E-state index contributed by atoms with van der Waals surface area (Å²) in [4.78, 5) is 0. The number of aromatic hydroxyl groups is 1. The molecule has 3 rings (SSSR count). The fraction of sp³-hybridized carbons (Fsp3) is 0.167. The molecule has 0 unspecified atom stereocenters. The summed E-state index contributed by atoms with van der Waals surface area (Å²) in [5.74, 6) is -0.457. The first-order valence-corrected chi connectivity index (χ1v) is 8.91. The molecule has 0 atom stereocenters. The number of halogens is 6. The molecule has 3 nitrogen and oxygen atoms in total. The van der Waals surface area contributed by atoms with E-state index in [-0.39, 0.29) is 5.52 Å². The van der Waals surface area contributed by atoms with Gasteiger partial charge in [-0.2, -0.15) is 31.6 Å². The second kappa shape index (κ2) is 8.51. The predicted molar refractivity (Wildman–Crippen MR) is 103 cm³/mol. The van der Waals surface area contributed by atoms with E-state index in [1.807, 2.05) is 6.92 Å². The van der Waals surface area contributed by atoms with Crippen LogP contribution in [-0.2, 0) is 0 Å². The van der Waals surface area contributed by atoms with Gasteiger partial charge in [-0.05, 0) is 47.9 Å². The Bertz CT molecular complexity index is 1060. The zero-order chi connectivity index (χ0) is 22.0. The van der Waals surface area contributed by atoms with E-state index in [2.05, 4.69) is 18.7 Å². The lowest BCUT2D eigenvalue weighted by molar-refractivity contribution is -0.0337. The van der Waals surface area contributed by atoms with Crippen molar-refractivity contribution in [3.63, 3.8) is 0 Å². The minimum absolute atomic E-state index is 0.282. The zero-order valence-corrected chi connectivity index (χ0v) is 16.2. The standard InChI is InChI=1S/C17H11F3N2OS.CHF3S/c1-10-6-11(9-21)2-4-14(10)12-3-5-15-13(7-12)8-16(23)22(15)24-17(18,19)20;2-1(3,4)5/h2-8,23H,1H3;5H. The molecule has 0 radical (unpaired) electrons. The number of aromatic nitrogens is 1. The Hall–Kier alpha value is -2.45. The summed E-state index contributed by atoms with van der Waals surface area (Å²) >= 11 is 1.73. The van der Waals surface area contributed by atoms with Crippen molar-refractivity contribution in [1.82, 2.24) is 3.97 Å². The summed E-state index contributed by atoms with van der Waals surface area (Å²) in [6.07, 6.45) is 0. The van der Waals surface area contributed by atoms with Crippen LogP contribution in [0.3, 0.4) is 0 Å². The maximum atomic E-state index is 12.6. The number of nitriles is 1. The van der Waals surface area contributed by atoms with Crippen LogP contribution >= 0.6 is 24.6 Å². The summed E-state index contributed by atoms with van der Waals surface area (Å²) in [5, 5.41) is 19.2. The highest BCUT2D eigenvalue weighted by Crippen LogP contribution is 2.39. The van der Waals surface area contributed by atoms with Crippen LogP contribution in [0, 0.1) is 18.3 Å². The van der Waals surface area contributed by atoms with Crippen molar-refractivity contribution in [2.45, 2.75) is 17.9 Å². The number of aryl methyl sites for hydroxylation is 1. The Balaban J connectivity index is 0.000000537. The van der Waals surface area contributed by atoms with Crippen molar-refractivity contribution < 1.29 is 31.4 Å². The lowest BCUT2D eigenvalue weighted by Crippen LogP contribution is -2.04. The molecular weight excluding hydrogens is 438 g/mol. The molecule has 0 amide bonds. The van der Waals surface area contributed by atoms with E-state index in [1.54, 1.807) is 36.4 Å². The maximum Gasteiger partial charge on any atom is 0.462 e. The van der Waals surface area contributed by atoms with Crippen LogP contribution in [0.25, 0.3) is 22.0 Å². The number of thiol groups is 1. The summed E-state index contributed by atoms with van der Waals surface area (Å²) < 4.78 is 69.2. The van der Waals surface area contributed by atoms with Crippen LogP contribution in [0.1, 0.15) is 11.1 Å². The molecule has 0 spiro atoms. The molecule has 2 aromatic carbocycles. The first-order chi connectivity index (χ1) is 13.3. The fourth-order valence-electron chi connectivity index (χ4n) is 2.60. The maximum absolute atomic E-state index is 12.6. The molecule has 0 aliphatic carbocycles. The molecule has 29 heavy (non-hydrogen) atoms. The van der Waals surface area contributed by atoms with E-state index >= 15 is 0 Å². The summed E-state index contributed by atoms with van der Waals surface area (Å²) in [6.45, 7) is 1.86. The normalized spacial score (nSPS) is 11.7. The molecule has 3 aromatic rings. The van der Waals surface area contributed by atoms with Gasteiger partial charge in [0.25, 0.3) is 0 Å². The summed E-state index contributed by atoms with van der Waals surface area (Å²) in [6, 6.07) is 13.6. The van der Waals surface area contributed by atoms with Crippen LogP contribution in [-0.4, -0.2) is 20.1 Å². The average molecular weight is 450 g/mol. The molecule has 0 saturated heterocycles. The highest BCUT2D eigenvalue weighted by molar-refractivity contribution is 7.98. The van der Waals surface area contributed by atoms with E-state index in [0.29, 0.717) is 10.9 Å². The van der Waals surface area contributed by atoms with E-state index in [9.17, 15) is 31.4 Å². The van der Waals surface area contributed by atoms with Crippen molar-refractivity contribution in [2.75, 3.05) is 0 Å². The Labute approximate surface area is 171 Å². The van der Waals surface area contributed by atoms with E-state index < -0.39 is 28.8 Å². The first kappa shape index (κ1) is 22.8. The third-order valence-electron chi connectivity index (χ3n) is 3.60. The van der Waals surface area contributed by atoms with Crippen molar-refractivity contribution in [3.8, 4) is 23.1 Å². The van der Waals surface area contributed by atoms with Gasteiger partial charge < -0.3 is 5.11 Å². The van der Waals surface area contributed by atoms with Gasteiger partial charge in [0, 0.05) is 11.5 Å². The highest BCUT2D eigenvalue weighted by Gasteiger charge is 2.32. The Morgan fingerprint density at radius 1 is 1.03 bits per heavy atom. The smallest absolute Gasteiger partial charge is 0.462 e. The Morgan fingerprint density at radius 2 is 1.66 bits per heavy atom. The van der Waals surface area contributed by atoms with Crippen LogP contribution in [0.2, 0.25) is 0 Å². The molecule has 1 heterocycles. The predicted octanol–water partition coefficient (Wildman–Crippen LogP) is 6.65. The number of rotatable bonds is 2. The van der Waals surface area contributed by atoms with Gasteiger partial charge in [0.15, 0.2) is 0 Å². The minimum atomic E-state index is -4.49. The minimum Gasteiger partial charge on any atom is -0.494 e. The first-order valence-electron chi connectivity index (χ1n) is 7.69. The van der Waals surface area contributed by atoms with Crippen molar-refractivity contribution in [3.05, 3.63) is 53.6 Å². The van der Waals surface area contributed by atoms with Crippen LogP contribution in [0.5, 0.6) is 5.88 Å². The quantitative estimate of drug-likeness (QED) is 0.340. The van der Waals surface area contributed by atoms with Gasteiger partial charge in [0.05, 0.1) is 29.1 Å². The van der Waals surface area contributed by atoms with E-state index in [0.717, 1.165) is 20.7 Å². The average Bonchev–Trinajstić information content (AvgIpc) is 2.86. The lowest BCUT2D eigenvalue weighted by atomic mass is 9.98. The molecule has 0 saturated carbocycles. The van der Waals surface area contributed by atoms with Crippen molar-refractivity contribution in [1.29, 1.82) is 5.26 Å². The fourth-order valence-corrected chi connectivity index (χ4v) is 3.22. The molecule has 0 aliphatic rings. The molecule has 1 aromatic heterocycles. The topological polar surface area (TPSA) is 48.9 Å². The summed E-state index contributed by atoms with van der Waals surface area (Å²) in [5.41, 5.74) is -5.40. The van der Waals surface area contributed by atoms with Gasteiger partial charge in [0.2, 0.25) is 5.88 Å². The second-order valence-electron chi connectivity index (χ2n) is 5.72. The number of hydrogen-bond donors (Lipinski definition) is 2. The molecule has 0 aliphatic heterocycles. The number of benzene rings is 2. The van der Waals surface area contributed by atoms with Gasteiger partial charge in [-0.15, -0.1) is 0 Å². The second-order valence-corrected chi connectivity index (χ2v) is 7.23. The molecule has 0 fully saturated rings. The number of fused-ring (bicyclic) bond motifs is 1. The Morgan fingerprint density at radius 3 is 2.17 bits per heavy atom. The zero-order valence-electron chi connectivity index (χ0n) is 14.5. The molecular formula is C18H12F6N2OS2. The number of alkyl halides is 6. The van der Waals surface area contributed by atoms with Crippen LogP contribution in [0.4, 0.5) is 26.3 Å². The molecule has 0 bridgehead atoms. The highest BCUT2D eigenvalue weighted by atomic mass is 32.2. The van der Waals surface area contributed by atoms with E-state index in [1.165, 1.54) is 6.07 Å². The third-order valence-corrected chi connectivity index (χ3v) is 4.37. The Kier molecular flexibility index (Phi) is 6.70. The SMILES string of the molecule is Cc1cc(C#N)ccc1-c1ccc2c(c1)cc(O)n2SC(F)(F)F.FC(F)(F)S. The van der Waals surface area contributed by atoms with Gasteiger partial charge in [-0.25, -0.2) is 3.97 Å². The number of nitrogens with zero attached hydrogens (tertiary/aromatic N) is 2. The van der Waals surface area contributed by atoms with Gasteiger partial charge in [-0.3, -0.25) is 0 Å². The summed E-state index contributed by atoms with van der Waals surface area (Å²) in [7, 11) is 0. The molecule has 11 heteroatoms.